The van der Waals surface area contributed by atoms with E-state index in [-0.39, 0.29) is 18.6 Å². The molecule has 0 unspecified atom stereocenters. The Morgan fingerprint density at radius 2 is 2.22 bits per heavy atom. The first-order valence-electron chi connectivity index (χ1n) is 6.17. The maximum absolute atomic E-state index is 11.7. The molecule has 1 rings (SSSR count). The van der Waals surface area contributed by atoms with Crippen LogP contribution in [-0.4, -0.2) is 24.5 Å². The van der Waals surface area contributed by atoms with Gasteiger partial charge in [-0.25, -0.2) is 4.79 Å². The lowest BCUT2D eigenvalue weighted by atomic mass is 10.1. The number of hydrogen-bond donors (Lipinski definition) is 1. The molecule has 0 bridgehead atoms. The molecule has 0 heterocycles. The third kappa shape index (κ3) is 3.91. The van der Waals surface area contributed by atoms with Crippen molar-refractivity contribution in [1.82, 2.24) is 0 Å². The number of esters is 1. The van der Waals surface area contributed by atoms with E-state index in [0.29, 0.717) is 5.88 Å². The first-order chi connectivity index (χ1) is 8.60. The number of benzene rings is 1. The molecule has 4 heteroatoms. The van der Waals surface area contributed by atoms with Crippen LogP contribution in [0.2, 0.25) is 0 Å². The van der Waals surface area contributed by atoms with Gasteiger partial charge in [0.15, 0.2) is 0 Å². The van der Waals surface area contributed by atoms with Crippen LogP contribution in [0.15, 0.2) is 18.2 Å². The first kappa shape index (κ1) is 14.8. The van der Waals surface area contributed by atoms with Crippen molar-refractivity contribution in [3.05, 3.63) is 29.3 Å². The lowest BCUT2D eigenvalue weighted by Crippen LogP contribution is -2.29. The quantitative estimate of drug-likeness (QED) is 0.637. The van der Waals surface area contributed by atoms with Crippen molar-refractivity contribution in [2.75, 3.05) is 17.8 Å². The molecule has 0 saturated heterocycles. The van der Waals surface area contributed by atoms with Gasteiger partial charge in [-0.3, -0.25) is 0 Å². The zero-order valence-corrected chi connectivity index (χ0v) is 11.9. The summed E-state index contributed by atoms with van der Waals surface area (Å²) < 4.78 is 5.01. The standard InChI is InChI=1S/C14H20ClNO2/c1-4-12-7-5-6-10(2)13(12)16-11(3)14(17)18-9-8-15/h5-7,11,16H,4,8-9H2,1-3H3/t11-/m0/s1. The molecule has 1 aromatic carbocycles. The molecule has 0 spiro atoms. The lowest BCUT2D eigenvalue weighted by molar-refractivity contribution is -0.143. The van der Waals surface area contributed by atoms with E-state index in [0.717, 1.165) is 17.7 Å². The average Bonchev–Trinajstić information content (AvgIpc) is 2.38. The Morgan fingerprint density at radius 1 is 1.50 bits per heavy atom. The van der Waals surface area contributed by atoms with Gasteiger partial charge in [0, 0.05) is 5.69 Å². The number of anilines is 1. The van der Waals surface area contributed by atoms with Crippen LogP contribution in [0, 0.1) is 6.92 Å². The monoisotopic (exact) mass is 269 g/mol. The zero-order valence-electron chi connectivity index (χ0n) is 11.1. The van der Waals surface area contributed by atoms with Crippen molar-refractivity contribution in [1.29, 1.82) is 0 Å². The minimum absolute atomic E-state index is 0.251. The molecule has 0 aliphatic heterocycles. The normalized spacial score (nSPS) is 12.0. The molecular formula is C14H20ClNO2. The Bertz CT molecular complexity index is 407. The van der Waals surface area contributed by atoms with E-state index in [1.165, 1.54) is 5.56 Å². The number of alkyl halides is 1. The van der Waals surface area contributed by atoms with Crippen LogP contribution in [0.1, 0.15) is 25.0 Å². The molecule has 0 amide bonds. The summed E-state index contributed by atoms with van der Waals surface area (Å²) >= 11 is 5.49. The number of aryl methyl sites for hydroxylation is 2. The van der Waals surface area contributed by atoms with Crippen molar-refractivity contribution in [2.45, 2.75) is 33.2 Å². The van der Waals surface area contributed by atoms with E-state index >= 15 is 0 Å². The van der Waals surface area contributed by atoms with Crippen LogP contribution in [0.25, 0.3) is 0 Å². The molecule has 18 heavy (non-hydrogen) atoms. The van der Waals surface area contributed by atoms with Gasteiger partial charge in [-0.2, -0.15) is 0 Å². The fourth-order valence-corrected chi connectivity index (χ4v) is 1.85. The van der Waals surface area contributed by atoms with Crippen molar-refractivity contribution in [3.8, 4) is 0 Å². The van der Waals surface area contributed by atoms with Crippen LogP contribution in [-0.2, 0) is 16.0 Å². The largest absolute Gasteiger partial charge is 0.463 e. The zero-order chi connectivity index (χ0) is 13.5. The van der Waals surface area contributed by atoms with Crippen molar-refractivity contribution < 1.29 is 9.53 Å². The van der Waals surface area contributed by atoms with Gasteiger partial charge in [0.1, 0.15) is 12.6 Å². The summed E-state index contributed by atoms with van der Waals surface area (Å²) in [5.41, 5.74) is 3.36. The molecule has 100 valence electrons. The average molecular weight is 270 g/mol. The molecule has 0 saturated carbocycles. The Balaban J connectivity index is 2.75. The summed E-state index contributed by atoms with van der Waals surface area (Å²) in [7, 11) is 0. The minimum atomic E-state index is -0.375. The molecule has 0 aliphatic carbocycles. The third-order valence-electron chi connectivity index (χ3n) is 2.78. The highest BCUT2D eigenvalue weighted by atomic mass is 35.5. The second-order valence-corrected chi connectivity index (χ2v) is 4.56. The van der Waals surface area contributed by atoms with Crippen molar-refractivity contribution in [3.63, 3.8) is 0 Å². The minimum Gasteiger partial charge on any atom is -0.463 e. The smallest absolute Gasteiger partial charge is 0.328 e. The first-order valence-corrected chi connectivity index (χ1v) is 6.71. The summed E-state index contributed by atoms with van der Waals surface area (Å²) in [5.74, 6) is 0.0456. The van der Waals surface area contributed by atoms with Gasteiger partial charge in [0.25, 0.3) is 0 Å². The molecule has 0 aromatic heterocycles. The van der Waals surface area contributed by atoms with E-state index in [9.17, 15) is 4.79 Å². The Morgan fingerprint density at radius 3 is 2.83 bits per heavy atom. The molecule has 1 atom stereocenters. The Kier molecular flexibility index (Phi) is 5.99. The van der Waals surface area contributed by atoms with E-state index in [1.807, 2.05) is 19.1 Å². The molecule has 0 fully saturated rings. The van der Waals surface area contributed by atoms with E-state index < -0.39 is 0 Å². The van der Waals surface area contributed by atoms with Crippen LogP contribution in [0.5, 0.6) is 0 Å². The molecule has 3 nitrogen and oxygen atoms in total. The van der Waals surface area contributed by atoms with E-state index in [2.05, 4.69) is 18.3 Å². The predicted molar refractivity (Wildman–Crippen MR) is 75.3 cm³/mol. The summed E-state index contributed by atoms with van der Waals surface area (Å²) in [4.78, 5) is 11.7. The van der Waals surface area contributed by atoms with Gasteiger partial charge in [0.05, 0.1) is 5.88 Å². The van der Waals surface area contributed by atoms with Gasteiger partial charge in [-0.1, -0.05) is 25.1 Å². The number of rotatable bonds is 6. The highest BCUT2D eigenvalue weighted by Gasteiger charge is 2.16. The van der Waals surface area contributed by atoms with Gasteiger partial charge in [0.2, 0.25) is 0 Å². The number of carbonyl (C=O) groups is 1. The van der Waals surface area contributed by atoms with Crippen LogP contribution < -0.4 is 5.32 Å². The van der Waals surface area contributed by atoms with E-state index in [4.69, 9.17) is 16.3 Å². The summed E-state index contributed by atoms with van der Waals surface area (Å²) in [6, 6.07) is 5.74. The molecule has 0 aliphatic rings. The fourth-order valence-electron chi connectivity index (χ4n) is 1.77. The highest BCUT2D eigenvalue weighted by molar-refractivity contribution is 6.18. The van der Waals surface area contributed by atoms with Crippen LogP contribution in [0.4, 0.5) is 5.69 Å². The van der Waals surface area contributed by atoms with Crippen molar-refractivity contribution in [2.24, 2.45) is 0 Å². The highest BCUT2D eigenvalue weighted by Crippen LogP contribution is 2.22. The topological polar surface area (TPSA) is 38.3 Å². The maximum Gasteiger partial charge on any atom is 0.328 e. The number of nitrogens with one attached hydrogen (secondary N) is 1. The second kappa shape index (κ2) is 7.27. The van der Waals surface area contributed by atoms with Crippen LogP contribution in [0.3, 0.4) is 0 Å². The Hall–Kier alpha value is -1.22. The number of hydrogen-bond acceptors (Lipinski definition) is 3. The van der Waals surface area contributed by atoms with E-state index in [1.54, 1.807) is 6.92 Å². The molecular weight excluding hydrogens is 250 g/mol. The molecule has 1 aromatic rings. The number of carbonyl (C=O) groups excluding carboxylic acids is 1. The molecule has 0 radical (unpaired) electrons. The number of para-hydroxylation sites is 1. The number of halogens is 1. The summed E-state index contributed by atoms with van der Waals surface area (Å²) in [6.45, 7) is 6.16. The van der Waals surface area contributed by atoms with Crippen LogP contribution >= 0.6 is 11.6 Å². The predicted octanol–water partition coefficient (Wildman–Crippen LogP) is 3.14. The van der Waals surface area contributed by atoms with Gasteiger partial charge >= 0.3 is 5.97 Å². The SMILES string of the molecule is CCc1cccc(C)c1N[C@@H](C)C(=O)OCCCl. The second-order valence-electron chi connectivity index (χ2n) is 4.19. The summed E-state index contributed by atoms with van der Waals surface area (Å²) in [6.07, 6.45) is 0.924. The van der Waals surface area contributed by atoms with Gasteiger partial charge in [-0.05, 0) is 31.4 Å². The number of ether oxygens (including phenoxy) is 1. The summed E-state index contributed by atoms with van der Waals surface area (Å²) in [5, 5.41) is 3.22. The Labute approximate surface area is 113 Å². The lowest BCUT2D eigenvalue weighted by Gasteiger charge is -2.18. The maximum atomic E-state index is 11.7. The fraction of sp³-hybridized carbons (Fsp3) is 0.500. The van der Waals surface area contributed by atoms with Gasteiger partial charge in [-0.15, -0.1) is 11.6 Å². The third-order valence-corrected chi connectivity index (χ3v) is 2.93. The van der Waals surface area contributed by atoms with Crippen molar-refractivity contribution >= 4 is 23.3 Å². The van der Waals surface area contributed by atoms with Gasteiger partial charge < -0.3 is 10.1 Å². The molecule has 1 N–H and O–H groups in total.